The van der Waals surface area contributed by atoms with Crippen molar-refractivity contribution in [2.45, 2.75) is 46.1 Å². The van der Waals surface area contributed by atoms with Gasteiger partial charge in [0.15, 0.2) is 0 Å². The zero-order valence-electron chi connectivity index (χ0n) is 15.3. The minimum atomic E-state index is -0.157. The van der Waals surface area contributed by atoms with Gasteiger partial charge in [0.25, 0.3) is 0 Å². The molecule has 0 saturated carbocycles. The van der Waals surface area contributed by atoms with Crippen LogP contribution in [0.25, 0.3) is 0 Å². The second-order valence-corrected chi connectivity index (χ2v) is 6.88. The summed E-state index contributed by atoms with van der Waals surface area (Å²) in [6.45, 7) is 7.54. The Balaban J connectivity index is 1.87. The van der Waals surface area contributed by atoms with Crippen molar-refractivity contribution in [3.8, 4) is 0 Å². The van der Waals surface area contributed by atoms with E-state index in [0.717, 1.165) is 36.2 Å². The molecule has 1 fully saturated rings. The molecule has 5 nitrogen and oxygen atoms in total. The number of carbonyl (C=O) groups is 2. The number of aryl methyl sites for hydroxylation is 2. The first-order valence-electron chi connectivity index (χ1n) is 8.72. The molecule has 0 bridgehead atoms. The summed E-state index contributed by atoms with van der Waals surface area (Å²) in [7, 11) is 1.70. The highest BCUT2D eigenvalue weighted by Gasteiger charge is 2.23. The number of hydrogen-bond donors (Lipinski definition) is 1. The van der Waals surface area contributed by atoms with Crippen molar-refractivity contribution < 1.29 is 9.59 Å². The van der Waals surface area contributed by atoms with Gasteiger partial charge in [0.1, 0.15) is 0 Å². The molecule has 2 amide bonds. The quantitative estimate of drug-likeness (QED) is 0.902. The number of piperidine rings is 1. The summed E-state index contributed by atoms with van der Waals surface area (Å²) in [6, 6.07) is 6.35. The van der Waals surface area contributed by atoms with E-state index < -0.39 is 0 Å². The van der Waals surface area contributed by atoms with E-state index in [0.29, 0.717) is 12.6 Å². The normalized spacial score (nSPS) is 18.2. The number of nitrogens with zero attached hydrogens (tertiary/aromatic N) is 2. The number of likely N-dealkylation sites (tertiary alicyclic amines) is 1. The van der Waals surface area contributed by atoms with Crippen LogP contribution in [0, 0.1) is 13.8 Å². The van der Waals surface area contributed by atoms with Crippen LogP contribution >= 0.6 is 0 Å². The minimum Gasteiger partial charge on any atom is -0.335 e. The number of rotatable bonds is 5. The summed E-state index contributed by atoms with van der Waals surface area (Å²) in [5.41, 5.74) is 2.90. The highest BCUT2D eigenvalue weighted by molar-refractivity contribution is 5.95. The lowest BCUT2D eigenvalue weighted by atomic mass is 10.0. The van der Waals surface area contributed by atoms with Gasteiger partial charge >= 0.3 is 0 Å². The van der Waals surface area contributed by atoms with Gasteiger partial charge in [-0.05, 0) is 51.3 Å². The van der Waals surface area contributed by atoms with Crippen molar-refractivity contribution in [2.24, 2.45) is 0 Å². The average molecular weight is 331 g/mol. The Hall–Kier alpha value is -1.88. The first kappa shape index (κ1) is 18.5. The number of para-hydroxylation sites is 1. The van der Waals surface area contributed by atoms with E-state index in [1.807, 2.05) is 32.0 Å². The lowest BCUT2D eigenvalue weighted by molar-refractivity contribution is -0.135. The molecule has 1 aliphatic heterocycles. The number of nitrogens with one attached hydrogen (secondary N) is 1. The van der Waals surface area contributed by atoms with E-state index in [9.17, 15) is 9.59 Å². The molecule has 0 unspecified atom stereocenters. The van der Waals surface area contributed by atoms with Gasteiger partial charge in [0.05, 0.1) is 13.1 Å². The van der Waals surface area contributed by atoms with Crippen LogP contribution in [0.2, 0.25) is 0 Å². The maximum atomic E-state index is 12.4. The Morgan fingerprint density at radius 2 is 1.92 bits per heavy atom. The molecule has 1 atom stereocenters. The van der Waals surface area contributed by atoms with Gasteiger partial charge in [-0.3, -0.25) is 14.5 Å². The zero-order chi connectivity index (χ0) is 17.7. The fourth-order valence-electron chi connectivity index (χ4n) is 3.18. The van der Waals surface area contributed by atoms with Crippen molar-refractivity contribution in [2.75, 3.05) is 32.0 Å². The number of amides is 2. The molecule has 1 saturated heterocycles. The first-order chi connectivity index (χ1) is 11.4. The topological polar surface area (TPSA) is 52.7 Å². The molecule has 5 heteroatoms. The van der Waals surface area contributed by atoms with E-state index >= 15 is 0 Å². The SMILES string of the molecule is Cc1cccc(C)c1NC(=O)CN(C)C(=O)CN1CCCC[C@@H]1C. The third-order valence-electron chi connectivity index (χ3n) is 4.83. The van der Waals surface area contributed by atoms with Gasteiger partial charge in [0.2, 0.25) is 11.8 Å². The van der Waals surface area contributed by atoms with Gasteiger partial charge in [-0.15, -0.1) is 0 Å². The molecular formula is C19H29N3O2. The number of anilines is 1. The van der Waals surface area contributed by atoms with Crippen molar-refractivity contribution in [3.05, 3.63) is 29.3 Å². The maximum absolute atomic E-state index is 12.4. The molecular weight excluding hydrogens is 302 g/mol. The third-order valence-corrected chi connectivity index (χ3v) is 4.83. The van der Waals surface area contributed by atoms with Gasteiger partial charge < -0.3 is 10.2 Å². The Morgan fingerprint density at radius 1 is 1.25 bits per heavy atom. The monoisotopic (exact) mass is 331 g/mol. The summed E-state index contributed by atoms with van der Waals surface area (Å²) in [5, 5.41) is 2.93. The van der Waals surface area contributed by atoms with Crippen LogP contribution in [-0.4, -0.2) is 54.3 Å². The fourth-order valence-corrected chi connectivity index (χ4v) is 3.18. The van der Waals surface area contributed by atoms with Crippen LogP contribution < -0.4 is 5.32 Å². The molecule has 2 rings (SSSR count). The van der Waals surface area contributed by atoms with Gasteiger partial charge in [-0.2, -0.15) is 0 Å². The first-order valence-corrected chi connectivity index (χ1v) is 8.72. The Kier molecular flexibility index (Phi) is 6.37. The van der Waals surface area contributed by atoms with Crippen LogP contribution in [0.15, 0.2) is 18.2 Å². The highest BCUT2D eigenvalue weighted by atomic mass is 16.2. The summed E-state index contributed by atoms with van der Waals surface area (Å²) in [4.78, 5) is 28.4. The van der Waals surface area contributed by atoms with E-state index in [4.69, 9.17) is 0 Å². The summed E-state index contributed by atoms with van der Waals surface area (Å²) >= 11 is 0. The lowest BCUT2D eigenvalue weighted by Gasteiger charge is -2.33. The molecule has 1 aromatic carbocycles. The third kappa shape index (κ3) is 4.81. The molecule has 132 valence electrons. The van der Waals surface area contributed by atoms with E-state index in [1.54, 1.807) is 7.05 Å². The minimum absolute atomic E-state index is 0.000376. The molecule has 0 aliphatic carbocycles. The van der Waals surface area contributed by atoms with E-state index in [1.165, 1.54) is 11.3 Å². The van der Waals surface area contributed by atoms with Gasteiger partial charge in [-0.25, -0.2) is 0 Å². The molecule has 0 radical (unpaired) electrons. The summed E-state index contributed by atoms with van der Waals surface area (Å²) in [5.74, 6) is -0.157. The van der Waals surface area contributed by atoms with Crippen molar-refractivity contribution in [3.63, 3.8) is 0 Å². The predicted molar refractivity (Wildman–Crippen MR) is 97.1 cm³/mol. The Morgan fingerprint density at radius 3 is 2.54 bits per heavy atom. The maximum Gasteiger partial charge on any atom is 0.243 e. The molecule has 1 aromatic rings. The summed E-state index contributed by atoms with van der Waals surface area (Å²) in [6.07, 6.45) is 3.53. The second-order valence-electron chi connectivity index (χ2n) is 6.88. The number of likely N-dealkylation sites (N-methyl/N-ethyl adjacent to an activating group) is 1. The smallest absolute Gasteiger partial charge is 0.243 e. The zero-order valence-corrected chi connectivity index (χ0v) is 15.3. The van der Waals surface area contributed by atoms with E-state index in [-0.39, 0.29) is 18.4 Å². The molecule has 1 heterocycles. The van der Waals surface area contributed by atoms with Crippen LogP contribution in [0.4, 0.5) is 5.69 Å². The molecule has 1 aliphatic rings. The standard InChI is InChI=1S/C19H29N3O2/c1-14-8-7-9-15(2)19(14)20-17(23)12-21(4)18(24)13-22-11-6-5-10-16(22)3/h7-9,16H,5-6,10-13H2,1-4H3,(H,20,23)/t16-/m0/s1. The molecule has 1 N–H and O–H groups in total. The predicted octanol–water partition coefficient (Wildman–Crippen LogP) is 2.57. The Bertz CT molecular complexity index is 580. The van der Waals surface area contributed by atoms with Crippen molar-refractivity contribution in [1.29, 1.82) is 0 Å². The number of carbonyl (C=O) groups excluding carboxylic acids is 2. The second kappa shape index (κ2) is 8.29. The highest BCUT2D eigenvalue weighted by Crippen LogP contribution is 2.19. The molecule has 0 spiro atoms. The average Bonchev–Trinajstić information content (AvgIpc) is 2.53. The number of hydrogen-bond acceptors (Lipinski definition) is 3. The molecule has 24 heavy (non-hydrogen) atoms. The number of benzene rings is 1. The van der Waals surface area contributed by atoms with Crippen molar-refractivity contribution >= 4 is 17.5 Å². The fraction of sp³-hybridized carbons (Fsp3) is 0.579. The van der Waals surface area contributed by atoms with Gasteiger partial charge in [-0.1, -0.05) is 24.6 Å². The van der Waals surface area contributed by atoms with Crippen LogP contribution in [0.3, 0.4) is 0 Å². The molecule has 0 aromatic heterocycles. The van der Waals surface area contributed by atoms with Gasteiger partial charge in [0, 0.05) is 18.8 Å². The Labute approximate surface area is 145 Å². The lowest BCUT2D eigenvalue weighted by Crippen LogP contribution is -2.46. The van der Waals surface area contributed by atoms with Crippen LogP contribution in [-0.2, 0) is 9.59 Å². The van der Waals surface area contributed by atoms with E-state index in [2.05, 4.69) is 17.1 Å². The largest absolute Gasteiger partial charge is 0.335 e. The summed E-state index contributed by atoms with van der Waals surface area (Å²) < 4.78 is 0. The van der Waals surface area contributed by atoms with Crippen molar-refractivity contribution in [1.82, 2.24) is 9.80 Å². The van der Waals surface area contributed by atoms with Crippen LogP contribution in [0.5, 0.6) is 0 Å². The van der Waals surface area contributed by atoms with Crippen LogP contribution in [0.1, 0.15) is 37.3 Å².